The zero-order valence-corrected chi connectivity index (χ0v) is 8.94. The van der Waals surface area contributed by atoms with E-state index in [0.29, 0.717) is 0 Å². The van der Waals surface area contributed by atoms with E-state index in [9.17, 15) is 18.7 Å². The van der Waals surface area contributed by atoms with Gasteiger partial charge in [-0.2, -0.15) is 8.78 Å². The molecule has 0 heterocycles. The fraction of sp³-hybridized carbons (Fsp3) is 0.364. The van der Waals surface area contributed by atoms with Gasteiger partial charge in [0.1, 0.15) is 5.72 Å². The van der Waals surface area contributed by atoms with Crippen molar-refractivity contribution in [2.24, 2.45) is 5.73 Å². The van der Waals surface area contributed by atoms with E-state index in [2.05, 4.69) is 0 Å². The van der Waals surface area contributed by atoms with Gasteiger partial charge in [0.05, 0.1) is 0 Å². The van der Waals surface area contributed by atoms with Gasteiger partial charge in [-0.05, 0) is 5.56 Å². The van der Waals surface area contributed by atoms with Crippen LogP contribution in [-0.4, -0.2) is 22.1 Å². The Balaban J connectivity index is 2.72. The second-order valence-electron chi connectivity index (χ2n) is 3.80. The lowest BCUT2D eigenvalue weighted by Gasteiger charge is -2.25. The second-order valence-corrected chi connectivity index (χ2v) is 3.80. The van der Waals surface area contributed by atoms with Gasteiger partial charge in [-0.25, -0.2) is 4.79 Å². The normalized spacial score (nSPS) is 15.3. The largest absolute Gasteiger partial charge is 0.477 e. The van der Waals surface area contributed by atoms with E-state index in [-0.39, 0.29) is 5.56 Å². The van der Waals surface area contributed by atoms with Crippen molar-refractivity contribution in [2.75, 3.05) is 0 Å². The number of hydrogen-bond donors (Lipinski definition) is 3. The summed E-state index contributed by atoms with van der Waals surface area (Å²) in [6.45, 7) is 0. The van der Waals surface area contributed by atoms with Crippen LogP contribution in [0.1, 0.15) is 18.4 Å². The Morgan fingerprint density at radius 3 is 2.24 bits per heavy atom. The number of nitrogens with two attached hydrogens (primary N) is 1. The number of carbonyl (C=O) groups is 1. The maximum absolute atomic E-state index is 12.8. The van der Waals surface area contributed by atoms with Crippen LogP contribution in [0.5, 0.6) is 0 Å². The highest BCUT2D eigenvalue weighted by atomic mass is 19.3. The fourth-order valence-corrected chi connectivity index (χ4v) is 1.33. The molecule has 4 nitrogen and oxygen atoms in total. The number of rotatable bonds is 5. The Hall–Kier alpha value is -1.53. The smallest absolute Gasteiger partial charge is 0.374 e. The Kier molecular flexibility index (Phi) is 3.79. The molecule has 1 aromatic carbocycles. The maximum Gasteiger partial charge on any atom is 0.374 e. The van der Waals surface area contributed by atoms with Crippen LogP contribution >= 0.6 is 0 Å². The lowest BCUT2D eigenvalue weighted by atomic mass is 9.97. The van der Waals surface area contributed by atoms with Gasteiger partial charge < -0.3 is 10.2 Å². The summed E-state index contributed by atoms with van der Waals surface area (Å²) in [5, 5.41) is 18.0. The van der Waals surface area contributed by atoms with Crippen molar-refractivity contribution < 1.29 is 23.8 Å². The lowest BCUT2D eigenvalue weighted by molar-refractivity contribution is -0.167. The summed E-state index contributed by atoms with van der Waals surface area (Å²) in [6.07, 6.45) is -1.57. The molecule has 1 unspecified atom stereocenters. The third-order valence-corrected chi connectivity index (χ3v) is 2.41. The molecule has 0 aliphatic carbocycles. The van der Waals surface area contributed by atoms with Crippen LogP contribution in [0, 0.1) is 0 Å². The molecular weight excluding hydrogens is 232 g/mol. The van der Waals surface area contributed by atoms with Crippen LogP contribution < -0.4 is 5.73 Å². The van der Waals surface area contributed by atoms with Gasteiger partial charge in [-0.1, -0.05) is 30.3 Å². The first-order chi connectivity index (χ1) is 7.76. The SMILES string of the molecule is NC(O)(CCC(F)(F)C(=O)O)c1ccccc1. The fourth-order valence-electron chi connectivity index (χ4n) is 1.33. The Labute approximate surface area is 96.7 Å². The molecule has 0 fully saturated rings. The highest BCUT2D eigenvalue weighted by Crippen LogP contribution is 2.28. The van der Waals surface area contributed by atoms with Gasteiger partial charge in [0, 0.05) is 12.8 Å². The summed E-state index contributed by atoms with van der Waals surface area (Å²) in [6, 6.07) is 7.86. The molecule has 0 saturated heterocycles. The minimum Gasteiger partial charge on any atom is -0.477 e. The molecule has 0 aliphatic rings. The molecule has 17 heavy (non-hydrogen) atoms. The summed E-state index contributed by atoms with van der Waals surface area (Å²) in [5.41, 5.74) is 3.78. The minimum atomic E-state index is -3.89. The van der Waals surface area contributed by atoms with Gasteiger partial charge in [-0.3, -0.25) is 5.73 Å². The van der Waals surface area contributed by atoms with Crippen molar-refractivity contribution >= 4 is 5.97 Å². The highest BCUT2D eigenvalue weighted by molar-refractivity contribution is 5.75. The summed E-state index contributed by atoms with van der Waals surface area (Å²) < 4.78 is 25.7. The molecule has 0 spiro atoms. The first-order valence-corrected chi connectivity index (χ1v) is 4.94. The van der Waals surface area contributed by atoms with E-state index in [0.717, 1.165) is 0 Å². The standard InChI is InChI=1S/C11H13F2NO3/c12-10(13,9(15)16)6-7-11(14,17)8-4-2-1-3-5-8/h1-5,17H,6-7,14H2,(H,15,16). The maximum atomic E-state index is 12.8. The van der Waals surface area contributed by atoms with Crippen LogP contribution in [-0.2, 0) is 10.5 Å². The Bertz CT molecular complexity index is 393. The number of carboxylic acid groups (broad SMARTS) is 1. The predicted molar refractivity (Wildman–Crippen MR) is 56.3 cm³/mol. The van der Waals surface area contributed by atoms with Crippen molar-refractivity contribution in [2.45, 2.75) is 24.5 Å². The van der Waals surface area contributed by atoms with Gasteiger partial charge in [-0.15, -0.1) is 0 Å². The first-order valence-electron chi connectivity index (χ1n) is 4.94. The minimum absolute atomic E-state index is 0.265. The van der Waals surface area contributed by atoms with Crippen LogP contribution in [0.25, 0.3) is 0 Å². The van der Waals surface area contributed by atoms with E-state index in [4.69, 9.17) is 10.8 Å². The van der Waals surface area contributed by atoms with Crippen molar-refractivity contribution in [3.8, 4) is 0 Å². The van der Waals surface area contributed by atoms with Gasteiger partial charge in [0.25, 0.3) is 0 Å². The second kappa shape index (κ2) is 4.77. The number of halogens is 2. The molecule has 0 aromatic heterocycles. The molecule has 0 saturated carbocycles. The lowest BCUT2D eigenvalue weighted by Crippen LogP contribution is -2.39. The number of hydrogen-bond acceptors (Lipinski definition) is 3. The predicted octanol–water partition coefficient (Wildman–Crippen LogP) is 1.29. The van der Waals surface area contributed by atoms with Crippen molar-refractivity contribution in [3.05, 3.63) is 35.9 Å². The third kappa shape index (κ3) is 3.47. The van der Waals surface area contributed by atoms with Crippen LogP contribution in [0.2, 0.25) is 0 Å². The zero-order chi connectivity index (χ0) is 13.1. The Morgan fingerprint density at radius 2 is 1.76 bits per heavy atom. The molecule has 1 atom stereocenters. The topological polar surface area (TPSA) is 83.5 Å². The number of aliphatic carboxylic acids is 1. The van der Waals surface area contributed by atoms with Gasteiger partial charge in [0.2, 0.25) is 0 Å². The molecule has 94 valence electrons. The summed E-state index contributed by atoms with van der Waals surface area (Å²) in [4.78, 5) is 10.2. The van der Waals surface area contributed by atoms with Gasteiger partial charge >= 0.3 is 11.9 Å². The molecule has 4 N–H and O–H groups in total. The highest BCUT2D eigenvalue weighted by Gasteiger charge is 2.41. The van der Waals surface area contributed by atoms with Gasteiger partial charge in [0.15, 0.2) is 0 Å². The molecule has 0 aliphatic heterocycles. The van der Waals surface area contributed by atoms with Crippen molar-refractivity contribution in [1.29, 1.82) is 0 Å². The summed E-state index contributed by atoms with van der Waals surface area (Å²) >= 11 is 0. The third-order valence-electron chi connectivity index (χ3n) is 2.41. The molecule has 0 bridgehead atoms. The molecular formula is C11H13F2NO3. The number of aliphatic hydroxyl groups is 1. The van der Waals surface area contributed by atoms with Crippen molar-refractivity contribution in [3.63, 3.8) is 0 Å². The van der Waals surface area contributed by atoms with E-state index >= 15 is 0 Å². The van der Waals surface area contributed by atoms with Crippen molar-refractivity contribution in [1.82, 2.24) is 0 Å². The summed E-state index contributed by atoms with van der Waals surface area (Å²) in [5.74, 6) is -6.11. The molecule has 1 aromatic rings. The zero-order valence-electron chi connectivity index (χ0n) is 8.94. The number of alkyl halides is 2. The molecule has 1 rings (SSSR count). The quantitative estimate of drug-likeness (QED) is 0.682. The first kappa shape index (κ1) is 13.5. The molecule has 6 heteroatoms. The van der Waals surface area contributed by atoms with E-state index in [1.807, 2.05) is 0 Å². The molecule has 0 amide bonds. The van der Waals surface area contributed by atoms with E-state index < -0.39 is 30.5 Å². The summed E-state index contributed by atoms with van der Waals surface area (Å²) in [7, 11) is 0. The van der Waals surface area contributed by atoms with Crippen LogP contribution in [0.4, 0.5) is 8.78 Å². The molecule has 0 radical (unpaired) electrons. The van der Waals surface area contributed by atoms with E-state index in [1.165, 1.54) is 12.1 Å². The number of carboxylic acids is 1. The number of benzene rings is 1. The van der Waals surface area contributed by atoms with Crippen LogP contribution in [0.3, 0.4) is 0 Å². The average Bonchev–Trinajstić information content (AvgIpc) is 2.28. The average molecular weight is 245 g/mol. The van der Waals surface area contributed by atoms with E-state index in [1.54, 1.807) is 18.2 Å². The monoisotopic (exact) mass is 245 g/mol. The van der Waals surface area contributed by atoms with Crippen LogP contribution in [0.15, 0.2) is 30.3 Å². The Morgan fingerprint density at radius 1 is 1.24 bits per heavy atom.